The van der Waals surface area contributed by atoms with Crippen LogP contribution in [-0.4, -0.2) is 61.4 Å². The molecule has 0 amide bonds. The maximum absolute atomic E-state index is 10.7. The monoisotopic (exact) mass is 520 g/mol. The van der Waals surface area contributed by atoms with Gasteiger partial charge in [-0.3, -0.25) is 0 Å². The fraction of sp³-hybridized carbons (Fsp3) is 0.724. The Kier molecular flexibility index (Phi) is 11.6. The fourth-order valence-corrected chi connectivity index (χ4v) is 5.49. The van der Waals surface area contributed by atoms with E-state index in [1.165, 1.54) is 0 Å². The molecule has 1 aromatic carbocycles. The molecule has 2 N–H and O–H groups in total. The first kappa shape index (κ1) is 31.0. The molecule has 36 heavy (non-hydrogen) atoms. The molecule has 2 unspecified atom stereocenters. The lowest BCUT2D eigenvalue weighted by molar-refractivity contribution is -0.314. The van der Waals surface area contributed by atoms with Crippen LogP contribution < -0.4 is 0 Å². The van der Waals surface area contributed by atoms with Gasteiger partial charge in [0, 0.05) is 12.5 Å². The van der Waals surface area contributed by atoms with E-state index in [0.29, 0.717) is 26.1 Å². The van der Waals surface area contributed by atoms with Gasteiger partial charge in [0.05, 0.1) is 19.3 Å². The predicted molar refractivity (Wildman–Crippen MR) is 146 cm³/mol. The van der Waals surface area contributed by atoms with Gasteiger partial charge < -0.3 is 28.8 Å². The molecule has 0 bridgehead atoms. The number of hydrogen-bond acceptors (Lipinski definition) is 6. The van der Waals surface area contributed by atoms with E-state index in [2.05, 4.69) is 52.6 Å². The van der Waals surface area contributed by atoms with Gasteiger partial charge in [0.25, 0.3) is 0 Å². The second kappa shape index (κ2) is 13.5. The van der Waals surface area contributed by atoms with Gasteiger partial charge in [-0.1, -0.05) is 62.9 Å². The van der Waals surface area contributed by atoms with Crippen molar-refractivity contribution in [2.45, 2.75) is 128 Å². The topological polar surface area (TPSA) is 77.4 Å². The highest BCUT2D eigenvalue weighted by Crippen LogP contribution is 2.37. The minimum Gasteiger partial charge on any atom is -0.414 e. The molecule has 204 valence electrons. The smallest absolute Gasteiger partial charge is 0.192 e. The summed E-state index contributed by atoms with van der Waals surface area (Å²) in [5, 5.41) is 21.2. The third kappa shape index (κ3) is 10.6. The van der Waals surface area contributed by atoms with E-state index in [1.807, 2.05) is 44.2 Å². The standard InChI is InChI=1S/C29H48O6Si/c1-22(35-36(7,8)28(2,3)4)13-12-16-24(30)17-18-26(31)27-19-25(33-29(5,6)34-27)21-32-20-23-14-10-9-11-15-23/h9-11,14-15,22,24-27,30-31H,12-13,16,19-21H2,1-8H3/t22-,24?,25-,26?,27-/m1/s1. The lowest BCUT2D eigenvalue weighted by Gasteiger charge is -2.41. The molecule has 5 atom stereocenters. The summed E-state index contributed by atoms with van der Waals surface area (Å²) in [5.41, 5.74) is 1.10. The Morgan fingerprint density at radius 1 is 1.08 bits per heavy atom. The molecule has 6 nitrogen and oxygen atoms in total. The zero-order valence-corrected chi connectivity index (χ0v) is 24.5. The third-order valence-corrected chi connectivity index (χ3v) is 11.5. The SMILES string of the molecule is C[C@H](CCCC(O)C#CC(O)[C@H]1C[C@H](COCc2ccccc2)OC(C)(C)O1)O[Si](C)(C)C(C)(C)C. The first-order valence-electron chi connectivity index (χ1n) is 13.2. The number of rotatable bonds is 11. The summed E-state index contributed by atoms with van der Waals surface area (Å²) in [7, 11) is -1.79. The molecule has 1 saturated heterocycles. The summed E-state index contributed by atoms with van der Waals surface area (Å²) >= 11 is 0. The molecule has 7 heteroatoms. The Balaban J connectivity index is 1.79. The summed E-state index contributed by atoms with van der Waals surface area (Å²) in [5.74, 6) is 4.75. The van der Waals surface area contributed by atoms with E-state index in [-0.39, 0.29) is 17.2 Å². The predicted octanol–water partition coefficient (Wildman–Crippen LogP) is 5.42. The minimum absolute atomic E-state index is 0.149. The third-order valence-electron chi connectivity index (χ3n) is 6.94. The molecule has 1 heterocycles. The van der Waals surface area contributed by atoms with E-state index >= 15 is 0 Å². The molecule has 0 saturated carbocycles. The van der Waals surface area contributed by atoms with Gasteiger partial charge in [0.15, 0.2) is 14.1 Å². The Bertz CT molecular complexity index is 839. The van der Waals surface area contributed by atoms with Crippen LogP contribution >= 0.6 is 0 Å². The highest BCUT2D eigenvalue weighted by atomic mass is 28.4. The van der Waals surface area contributed by atoms with Crippen LogP contribution in [0.2, 0.25) is 18.1 Å². The maximum atomic E-state index is 10.7. The lowest BCUT2D eigenvalue weighted by Crippen LogP contribution is -2.49. The zero-order valence-electron chi connectivity index (χ0n) is 23.5. The molecule has 0 spiro atoms. The summed E-state index contributed by atoms with van der Waals surface area (Å²) in [6.45, 7) is 17.9. The average molecular weight is 521 g/mol. The Morgan fingerprint density at radius 2 is 1.75 bits per heavy atom. The van der Waals surface area contributed by atoms with Crippen LogP contribution in [0.15, 0.2) is 30.3 Å². The van der Waals surface area contributed by atoms with Gasteiger partial charge in [-0.25, -0.2) is 0 Å². The van der Waals surface area contributed by atoms with Crippen LogP contribution in [-0.2, 0) is 25.2 Å². The van der Waals surface area contributed by atoms with Gasteiger partial charge in [-0.05, 0) is 63.7 Å². The molecular formula is C29H48O6Si. The largest absolute Gasteiger partial charge is 0.414 e. The maximum Gasteiger partial charge on any atom is 0.192 e. The van der Waals surface area contributed by atoms with Gasteiger partial charge in [0.2, 0.25) is 0 Å². The number of ether oxygens (including phenoxy) is 3. The van der Waals surface area contributed by atoms with Crippen molar-refractivity contribution in [3.63, 3.8) is 0 Å². The molecule has 0 aliphatic carbocycles. The van der Waals surface area contributed by atoms with Crippen LogP contribution in [0.4, 0.5) is 0 Å². The van der Waals surface area contributed by atoms with E-state index in [0.717, 1.165) is 18.4 Å². The molecule has 1 fully saturated rings. The highest BCUT2D eigenvalue weighted by Gasteiger charge is 2.39. The molecule has 1 aromatic rings. The van der Waals surface area contributed by atoms with Crippen molar-refractivity contribution < 1.29 is 28.8 Å². The van der Waals surface area contributed by atoms with Crippen molar-refractivity contribution in [2.24, 2.45) is 0 Å². The second-order valence-corrected chi connectivity index (χ2v) is 16.7. The average Bonchev–Trinajstić information content (AvgIpc) is 2.76. The summed E-state index contributed by atoms with van der Waals surface area (Å²) in [4.78, 5) is 0. The van der Waals surface area contributed by atoms with E-state index in [1.54, 1.807) is 0 Å². The van der Waals surface area contributed by atoms with Crippen molar-refractivity contribution in [3.8, 4) is 11.8 Å². The molecule has 1 aliphatic rings. The lowest BCUT2D eigenvalue weighted by atomic mass is 10.0. The van der Waals surface area contributed by atoms with Gasteiger partial charge in [-0.2, -0.15) is 0 Å². The Hall–Kier alpha value is -1.24. The number of aliphatic hydroxyl groups excluding tert-OH is 2. The molecular weight excluding hydrogens is 472 g/mol. The van der Waals surface area contributed by atoms with Gasteiger partial charge >= 0.3 is 0 Å². The van der Waals surface area contributed by atoms with E-state index in [9.17, 15) is 10.2 Å². The molecule has 2 rings (SSSR count). The highest BCUT2D eigenvalue weighted by molar-refractivity contribution is 6.74. The fourth-order valence-electron chi connectivity index (χ4n) is 4.01. The number of hydrogen-bond donors (Lipinski definition) is 2. The van der Waals surface area contributed by atoms with Gasteiger partial charge in [0.1, 0.15) is 18.3 Å². The summed E-state index contributed by atoms with van der Waals surface area (Å²) in [6.07, 6.45) is 0.295. The van der Waals surface area contributed by atoms with Crippen molar-refractivity contribution in [3.05, 3.63) is 35.9 Å². The van der Waals surface area contributed by atoms with Crippen molar-refractivity contribution in [2.75, 3.05) is 6.61 Å². The minimum atomic E-state index is -1.79. The first-order valence-corrected chi connectivity index (χ1v) is 16.1. The van der Waals surface area contributed by atoms with Crippen molar-refractivity contribution in [1.29, 1.82) is 0 Å². The van der Waals surface area contributed by atoms with E-state index < -0.39 is 32.4 Å². The van der Waals surface area contributed by atoms with Crippen molar-refractivity contribution >= 4 is 8.32 Å². The Labute approximate surface area is 219 Å². The number of aliphatic hydroxyl groups is 2. The Morgan fingerprint density at radius 3 is 2.39 bits per heavy atom. The van der Waals surface area contributed by atoms with E-state index in [4.69, 9.17) is 18.6 Å². The van der Waals surface area contributed by atoms with Crippen LogP contribution in [0.1, 0.15) is 72.8 Å². The molecule has 0 aromatic heterocycles. The quantitative estimate of drug-likeness (QED) is 0.300. The normalized spacial score (nSPS) is 22.8. The molecule has 1 aliphatic heterocycles. The first-order chi connectivity index (χ1) is 16.7. The van der Waals surface area contributed by atoms with Crippen LogP contribution in [0.3, 0.4) is 0 Å². The van der Waals surface area contributed by atoms with Crippen LogP contribution in [0.25, 0.3) is 0 Å². The zero-order chi connectivity index (χ0) is 27.0. The summed E-state index contributed by atoms with van der Waals surface area (Å²) in [6, 6.07) is 9.98. The second-order valence-electron chi connectivity index (χ2n) is 11.9. The van der Waals surface area contributed by atoms with Gasteiger partial charge in [-0.15, -0.1) is 0 Å². The molecule has 0 radical (unpaired) electrons. The van der Waals surface area contributed by atoms with Crippen LogP contribution in [0.5, 0.6) is 0 Å². The van der Waals surface area contributed by atoms with Crippen molar-refractivity contribution in [1.82, 2.24) is 0 Å². The summed E-state index contributed by atoms with van der Waals surface area (Å²) < 4.78 is 24.1. The number of benzene rings is 1. The van der Waals surface area contributed by atoms with Crippen LogP contribution in [0, 0.1) is 11.8 Å².